The van der Waals surface area contributed by atoms with Crippen LogP contribution in [0.4, 0.5) is 0 Å². The van der Waals surface area contributed by atoms with Crippen LogP contribution < -0.4 is 5.73 Å². The summed E-state index contributed by atoms with van der Waals surface area (Å²) >= 11 is 3.63. The molecule has 1 heterocycles. The number of guanidine groups is 1. The van der Waals surface area contributed by atoms with Crippen molar-refractivity contribution in [2.75, 3.05) is 19.6 Å². The minimum absolute atomic E-state index is 0.0273. The number of nitrogens with two attached hydrogens (primary N) is 1. The van der Waals surface area contributed by atoms with Crippen molar-refractivity contribution in [3.05, 3.63) is 34.3 Å². The molecule has 1 saturated heterocycles. The SMILES string of the molecule is CC(C)(CN=C(N)N1CCCCC1)c1ccccc1Br. The van der Waals surface area contributed by atoms with Crippen LogP contribution in [-0.4, -0.2) is 30.5 Å². The molecule has 0 unspecified atom stereocenters. The molecule has 3 nitrogen and oxygen atoms in total. The van der Waals surface area contributed by atoms with Crippen molar-refractivity contribution in [2.45, 2.75) is 38.5 Å². The average Bonchev–Trinajstić information content (AvgIpc) is 2.46. The molecule has 0 saturated carbocycles. The molecule has 0 aromatic heterocycles. The third kappa shape index (κ3) is 3.75. The van der Waals surface area contributed by atoms with Gasteiger partial charge in [-0.25, -0.2) is 0 Å². The summed E-state index contributed by atoms with van der Waals surface area (Å²) in [6.45, 7) is 7.22. The van der Waals surface area contributed by atoms with Gasteiger partial charge in [-0.15, -0.1) is 0 Å². The fourth-order valence-corrected chi connectivity index (χ4v) is 3.42. The van der Waals surface area contributed by atoms with Gasteiger partial charge in [0.1, 0.15) is 0 Å². The first-order valence-electron chi connectivity index (χ1n) is 7.30. The van der Waals surface area contributed by atoms with E-state index in [9.17, 15) is 0 Å². The Bertz CT molecular complexity index is 476. The van der Waals surface area contributed by atoms with Crippen molar-refractivity contribution in [3.63, 3.8) is 0 Å². The Balaban J connectivity index is 2.06. The van der Waals surface area contributed by atoms with Crippen LogP contribution in [0.2, 0.25) is 0 Å². The first-order chi connectivity index (χ1) is 9.50. The molecule has 0 atom stereocenters. The van der Waals surface area contributed by atoms with Gasteiger partial charge in [0.15, 0.2) is 5.96 Å². The van der Waals surface area contributed by atoms with Gasteiger partial charge in [0, 0.05) is 23.0 Å². The fraction of sp³-hybridized carbons (Fsp3) is 0.562. The van der Waals surface area contributed by atoms with E-state index >= 15 is 0 Å². The van der Waals surface area contributed by atoms with Crippen molar-refractivity contribution < 1.29 is 0 Å². The van der Waals surface area contributed by atoms with Crippen molar-refractivity contribution in [2.24, 2.45) is 10.7 Å². The fourth-order valence-electron chi connectivity index (χ4n) is 2.60. The Hall–Kier alpha value is -1.03. The molecule has 20 heavy (non-hydrogen) atoms. The number of halogens is 1. The Morgan fingerprint density at radius 2 is 1.90 bits per heavy atom. The van der Waals surface area contributed by atoms with E-state index in [-0.39, 0.29) is 5.41 Å². The van der Waals surface area contributed by atoms with Crippen LogP contribution in [-0.2, 0) is 5.41 Å². The highest BCUT2D eigenvalue weighted by Gasteiger charge is 2.23. The first kappa shape index (κ1) is 15.4. The quantitative estimate of drug-likeness (QED) is 0.677. The number of rotatable bonds is 3. The van der Waals surface area contributed by atoms with Gasteiger partial charge in [-0.3, -0.25) is 4.99 Å². The molecular weight excluding hydrogens is 314 g/mol. The highest BCUT2D eigenvalue weighted by molar-refractivity contribution is 9.10. The highest BCUT2D eigenvalue weighted by Crippen LogP contribution is 2.30. The monoisotopic (exact) mass is 337 g/mol. The molecule has 0 bridgehead atoms. The van der Waals surface area contributed by atoms with Gasteiger partial charge in [0.05, 0.1) is 6.54 Å². The number of likely N-dealkylation sites (tertiary alicyclic amines) is 1. The lowest BCUT2D eigenvalue weighted by Crippen LogP contribution is -2.41. The third-order valence-corrected chi connectivity index (χ3v) is 4.61. The van der Waals surface area contributed by atoms with E-state index in [4.69, 9.17) is 5.73 Å². The van der Waals surface area contributed by atoms with Crippen LogP contribution in [0.25, 0.3) is 0 Å². The Kier molecular flexibility index (Phi) is 5.08. The van der Waals surface area contributed by atoms with Crippen molar-refractivity contribution in [1.29, 1.82) is 0 Å². The number of aliphatic imine (C=N–C) groups is 1. The first-order valence-corrected chi connectivity index (χ1v) is 8.10. The highest BCUT2D eigenvalue weighted by atomic mass is 79.9. The summed E-state index contributed by atoms with van der Waals surface area (Å²) in [5.74, 6) is 0.699. The minimum Gasteiger partial charge on any atom is -0.370 e. The maximum atomic E-state index is 6.14. The number of benzene rings is 1. The summed E-state index contributed by atoms with van der Waals surface area (Å²) in [6.07, 6.45) is 3.76. The second-order valence-corrected chi connectivity index (χ2v) is 6.94. The summed E-state index contributed by atoms with van der Waals surface area (Å²) in [4.78, 5) is 6.84. The number of hydrogen-bond acceptors (Lipinski definition) is 1. The zero-order valence-electron chi connectivity index (χ0n) is 12.4. The molecule has 4 heteroatoms. The van der Waals surface area contributed by atoms with E-state index in [1.54, 1.807) is 0 Å². The molecule has 0 spiro atoms. The summed E-state index contributed by atoms with van der Waals surface area (Å²) in [6, 6.07) is 8.33. The topological polar surface area (TPSA) is 41.6 Å². The smallest absolute Gasteiger partial charge is 0.191 e. The van der Waals surface area contributed by atoms with Gasteiger partial charge in [0.2, 0.25) is 0 Å². The molecule has 2 N–H and O–H groups in total. The predicted molar refractivity (Wildman–Crippen MR) is 89.1 cm³/mol. The van der Waals surface area contributed by atoms with E-state index in [0.717, 1.165) is 17.6 Å². The van der Waals surface area contributed by atoms with Crippen LogP contribution in [0.1, 0.15) is 38.7 Å². The normalized spacial score (nSPS) is 17.4. The van der Waals surface area contributed by atoms with Crippen LogP contribution in [0, 0.1) is 0 Å². The molecular formula is C16H24BrN3. The largest absolute Gasteiger partial charge is 0.370 e. The standard InChI is InChI=1S/C16H24BrN3/c1-16(2,13-8-4-5-9-14(13)17)12-19-15(18)20-10-6-3-7-11-20/h4-5,8-9H,3,6-7,10-12H2,1-2H3,(H2,18,19). The van der Waals surface area contributed by atoms with E-state index in [1.165, 1.54) is 24.8 Å². The van der Waals surface area contributed by atoms with Crippen LogP contribution in [0.3, 0.4) is 0 Å². The molecule has 1 aliphatic rings. The number of hydrogen-bond donors (Lipinski definition) is 1. The van der Waals surface area contributed by atoms with Crippen molar-refractivity contribution >= 4 is 21.9 Å². The lowest BCUT2D eigenvalue weighted by molar-refractivity contribution is 0.337. The lowest BCUT2D eigenvalue weighted by atomic mass is 9.85. The zero-order chi connectivity index (χ0) is 14.6. The number of nitrogens with zero attached hydrogens (tertiary/aromatic N) is 2. The Morgan fingerprint density at radius 1 is 1.25 bits per heavy atom. The van der Waals surface area contributed by atoms with Gasteiger partial charge < -0.3 is 10.6 Å². The third-order valence-electron chi connectivity index (χ3n) is 3.92. The molecule has 0 aliphatic carbocycles. The Labute approximate surface area is 130 Å². The zero-order valence-corrected chi connectivity index (χ0v) is 14.0. The minimum atomic E-state index is -0.0273. The molecule has 0 radical (unpaired) electrons. The average molecular weight is 338 g/mol. The predicted octanol–water partition coefficient (Wildman–Crippen LogP) is 3.53. The lowest BCUT2D eigenvalue weighted by Gasteiger charge is -2.29. The molecule has 2 rings (SSSR count). The van der Waals surface area contributed by atoms with Crippen LogP contribution in [0.5, 0.6) is 0 Å². The summed E-state index contributed by atoms with van der Waals surface area (Å²) in [7, 11) is 0. The van der Waals surface area contributed by atoms with Gasteiger partial charge in [-0.2, -0.15) is 0 Å². The number of piperidine rings is 1. The molecule has 1 fully saturated rings. The van der Waals surface area contributed by atoms with Gasteiger partial charge >= 0.3 is 0 Å². The maximum Gasteiger partial charge on any atom is 0.191 e. The van der Waals surface area contributed by atoms with Crippen molar-refractivity contribution in [3.8, 4) is 0 Å². The molecule has 1 aromatic rings. The molecule has 1 aromatic carbocycles. The van der Waals surface area contributed by atoms with Gasteiger partial charge in [0.25, 0.3) is 0 Å². The summed E-state index contributed by atoms with van der Waals surface area (Å²) < 4.78 is 1.14. The van der Waals surface area contributed by atoms with E-state index in [2.05, 4.69) is 57.9 Å². The second-order valence-electron chi connectivity index (χ2n) is 6.09. The van der Waals surface area contributed by atoms with Gasteiger partial charge in [-0.05, 0) is 30.9 Å². The van der Waals surface area contributed by atoms with Crippen LogP contribution >= 0.6 is 15.9 Å². The second kappa shape index (κ2) is 6.61. The molecule has 1 aliphatic heterocycles. The van der Waals surface area contributed by atoms with Gasteiger partial charge in [-0.1, -0.05) is 48.0 Å². The Morgan fingerprint density at radius 3 is 2.55 bits per heavy atom. The maximum absolute atomic E-state index is 6.14. The molecule has 0 amide bonds. The summed E-state index contributed by atoms with van der Waals surface area (Å²) in [5.41, 5.74) is 7.38. The van der Waals surface area contributed by atoms with Crippen molar-refractivity contribution in [1.82, 2.24) is 4.90 Å². The van der Waals surface area contributed by atoms with E-state index < -0.39 is 0 Å². The molecule has 110 valence electrons. The van der Waals surface area contributed by atoms with Crippen LogP contribution in [0.15, 0.2) is 33.7 Å². The van der Waals surface area contributed by atoms with E-state index in [0.29, 0.717) is 12.5 Å². The summed E-state index contributed by atoms with van der Waals surface area (Å²) in [5, 5.41) is 0. The van der Waals surface area contributed by atoms with E-state index in [1.807, 2.05) is 6.07 Å².